The van der Waals surface area contributed by atoms with E-state index in [1.165, 1.54) is 11.3 Å². The van der Waals surface area contributed by atoms with E-state index in [-0.39, 0.29) is 24.7 Å². The van der Waals surface area contributed by atoms with E-state index in [1.807, 2.05) is 24.3 Å². The predicted octanol–water partition coefficient (Wildman–Crippen LogP) is 5.35. The zero-order valence-electron chi connectivity index (χ0n) is 29.8. The summed E-state index contributed by atoms with van der Waals surface area (Å²) in [5, 5.41) is 6.07. The van der Waals surface area contributed by atoms with Crippen LogP contribution in [0.5, 0.6) is 11.5 Å². The lowest BCUT2D eigenvalue weighted by Crippen LogP contribution is -2.56. The number of aromatic nitrogens is 2. The van der Waals surface area contributed by atoms with Gasteiger partial charge in [0.25, 0.3) is 5.91 Å². The van der Waals surface area contributed by atoms with Crippen molar-refractivity contribution in [3.05, 3.63) is 45.9 Å². The Morgan fingerprint density at radius 1 is 1.17 bits per heavy atom. The number of terminal acetylenes is 1. The van der Waals surface area contributed by atoms with Gasteiger partial charge in [0.2, 0.25) is 21.8 Å². The van der Waals surface area contributed by atoms with Gasteiger partial charge in [-0.1, -0.05) is 12.2 Å². The van der Waals surface area contributed by atoms with Crippen molar-refractivity contribution in [2.24, 2.45) is 17.8 Å². The minimum absolute atomic E-state index is 0.132. The molecule has 0 spiro atoms. The number of nitrogens with zero attached hydrogens (tertiary/aromatic N) is 3. The van der Waals surface area contributed by atoms with Gasteiger partial charge in [0, 0.05) is 42.3 Å². The fraction of sp³-hybridized carbons (Fsp3) is 0.500. The average molecular weight is 825 g/mol. The van der Waals surface area contributed by atoms with E-state index in [9.17, 15) is 22.8 Å². The summed E-state index contributed by atoms with van der Waals surface area (Å²) < 4.78 is 40.5. The molecule has 15 heteroatoms. The number of allylic oxidation sites excluding steroid dienone is 1. The van der Waals surface area contributed by atoms with Gasteiger partial charge in [-0.25, -0.2) is 18.4 Å². The summed E-state index contributed by atoms with van der Waals surface area (Å²) in [7, 11) is -0.610. The van der Waals surface area contributed by atoms with Crippen molar-refractivity contribution in [1.29, 1.82) is 0 Å². The number of benzene rings is 1. The van der Waals surface area contributed by atoms with Gasteiger partial charge in [0.05, 0.1) is 33.9 Å². The zero-order valence-corrected chi connectivity index (χ0v) is 33.0. The highest BCUT2D eigenvalue weighted by atomic mass is 79.9. The summed E-state index contributed by atoms with van der Waals surface area (Å²) in [6.07, 6.45) is 13.6. The maximum absolute atomic E-state index is 14.4. The van der Waals surface area contributed by atoms with E-state index in [4.69, 9.17) is 20.9 Å². The van der Waals surface area contributed by atoms with Crippen LogP contribution in [0.15, 0.2) is 40.2 Å². The van der Waals surface area contributed by atoms with Crippen LogP contribution in [0.4, 0.5) is 0 Å². The first-order valence-electron chi connectivity index (χ1n) is 17.9. The Morgan fingerprint density at radius 2 is 1.96 bits per heavy atom. The van der Waals surface area contributed by atoms with E-state index >= 15 is 0 Å². The van der Waals surface area contributed by atoms with Gasteiger partial charge in [-0.2, -0.15) is 0 Å². The number of halogens is 1. The largest absolute Gasteiger partial charge is 0.495 e. The fourth-order valence-electron chi connectivity index (χ4n) is 7.38. The molecule has 1 aliphatic heterocycles. The van der Waals surface area contributed by atoms with Gasteiger partial charge in [-0.3, -0.25) is 19.1 Å². The molecule has 4 aliphatic rings. The molecule has 7 rings (SSSR count). The molecule has 280 valence electrons. The lowest BCUT2D eigenvalue weighted by molar-refractivity contribution is -0.145. The van der Waals surface area contributed by atoms with Crippen LogP contribution in [-0.2, 0) is 24.4 Å². The quantitative estimate of drug-likeness (QED) is 0.237. The molecule has 0 bridgehead atoms. The monoisotopic (exact) mass is 823 g/mol. The van der Waals surface area contributed by atoms with Crippen molar-refractivity contribution in [2.45, 2.75) is 81.1 Å². The molecule has 53 heavy (non-hydrogen) atoms. The normalized spacial score (nSPS) is 27.6. The number of thiazole rings is 1. The van der Waals surface area contributed by atoms with Crippen molar-refractivity contribution in [2.75, 3.05) is 20.7 Å². The summed E-state index contributed by atoms with van der Waals surface area (Å²) in [5.74, 6) is 0.450. The molecule has 0 unspecified atom stereocenters. The van der Waals surface area contributed by atoms with Crippen LogP contribution < -0.4 is 19.5 Å². The molecule has 0 saturated heterocycles. The molecule has 12 nitrogen and oxygen atoms in total. The maximum Gasteiger partial charge on any atom is 0.259 e. The first kappa shape index (κ1) is 37.3. The number of carbonyl (C=O) groups is 3. The van der Waals surface area contributed by atoms with Gasteiger partial charge in [0.1, 0.15) is 33.4 Å². The second-order valence-corrected chi connectivity index (χ2v) is 18.6. The molecule has 2 N–H and O–H groups in total. The number of amides is 3. The molecule has 3 heterocycles. The third kappa shape index (κ3) is 7.17. The minimum Gasteiger partial charge on any atom is -0.495 e. The lowest BCUT2D eigenvalue weighted by atomic mass is 9.76. The lowest BCUT2D eigenvalue weighted by Gasteiger charge is -2.37. The molecule has 3 fully saturated rings. The highest BCUT2D eigenvalue weighted by molar-refractivity contribution is 9.10. The molecule has 2 aromatic heterocycles. The zero-order chi connectivity index (χ0) is 37.7. The predicted molar refractivity (Wildman–Crippen MR) is 205 cm³/mol. The molecule has 3 amide bonds. The van der Waals surface area contributed by atoms with Crippen molar-refractivity contribution < 1.29 is 32.3 Å². The van der Waals surface area contributed by atoms with Crippen LogP contribution in [0.3, 0.4) is 0 Å². The molecule has 3 aliphatic carbocycles. The van der Waals surface area contributed by atoms with Crippen LogP contribution in [0.1, 0.15) is 70.4 Å². The first-order chi connectivity index (χ1) is 25.3. The number of hydrogen-bond acceptors (Lipinski definition) is 10. The Morgan fingerprint density at radius 3 is 2.68 bits per heavy atom. The SMILES string of the molecule is C#Cc1csc(-c2cc(O[C@H]3CC[C@H]4C(=O)N(C)CCCC/C=C\[C@@H]5C[C@@]5(C(=O)NS(=O)(=O)C5(C)CC5)NC(=O)[C@@H]4C3)c3ccc(OC)c(Br)c3n2)n1. The Hall–Kier alpha value is -4.00. The molecule has 3 saturated carbocycles. The van der Waals surface area contributed by atoms with Gasteiger partial charge in [-0.05, 0) is 98.7 Å². The van der Waals surface area contributed by atoms with E-state index in [2.05, 4.69) is 36.9 Å². The second-order valence-electron chi connectivity index (χ2n) is 14.8. The highest BCUT2D eigenvalue weighted by Gasteiger charge is 2.63. The number of fused-ring (bicyclic) bond motifs is 3. The number of carbonyl (C=O) groups excluding carboxylic acids is 3. The smallest absolute Gasteiger partial charge is 0.259 e. The topological polar surface area (TPSA) is 157 Å². The second kappa shape index (κ2) is 14.3. The molecule has 1 aromatic carbocycles. The van der Waals surface area contributed by atoms with E-state index < -0.39 is 50.1 Å². The minimum atomic E-state index is -3.94. The maximum atomic E-state index is 14.4. The third-order valence-corrected chi connectivity index (χ3v) is 14.9. The van der Waals surface area contributed by atoms with Gasteiger partial charge >= 0.3 is 0 Å². The van der Waals surface area contributed by atoms with Crippen molar-refractivity contribution >= 4 is 65.9 Å². The number of methoxy groups -OCH3 is 1. The van der Waals surface area contributed by atoms with Crippen LogP contribution in [-0.4, -0.2) is 78.1 Å². The highest BCUT2D eigenvalue weighted by Crippen LogP contribution is 2.48. The van der Waals surface area contributed by atoms with Gasteiger partial charge in [0.15, 0.2) is 0 Å². The average Bonchev–Trinajstić information content (AvgIpc) is 4.01. The summed E-state index contributed by atoms with van der Waals surface area (Å²) >= 11 is 5.00. The summed E-state index contributed by atoms with van der Waals surface area (Å²) in [6, 6.07) is 5.48. The number of nitrogens with one attached hydrogen (secondary N) is 2. The molecule has 5 atom stereocenters. The molecular formula is C38H42BrN5O7S2. The van der Waals surface area contributed by atoms with Crippen LogP contribution in [0.2, 0.25) is 0 Å². The standard InChI is InChI=1S/C38H42BrN5O7S2/c1-5-23-21-52-34(40-23)28-19-30(26-13-14-29(50-4)31(39)32(26)41-28)51-24-11-12-25-27(18-24)33(45)42-38(36(47)43-53(48,49)37(2)15-16-37)20-22(38)10-8-6-7-9-17-44(3)35(25)46/h1,8,10,13-14,19,21-22,24-25,27H,6-7,9,11-12,15-18,20H2,2-4H3,(H,42,45)(H,43,47)/b10-8-/t22-,24+,25-,27-,38-/m1/s1. The summed E-state index contributed by atoms with van der Waals surface area (Å²) in [6.45, 7) is 2.17. The van der Waals surface area contributed by atoms with E-state index in [0.29, 0.717) is 75.5 Å². The summed E-state index contributed by atoms with van der Waals surface area (Å²) in [4.78, 5) is 53.3. The van der Waals surface area contributed by atoms with Crippen molar-refractivity contribution in [3.63, 3.8) is 0 Å². The van der Waals surface area contributed by atoms with Crippen LogP contribution in [0.25, 0.3) is 21.6 Å². The van der Waals surface area contributed by atoms with Crippen LogP contribution in [0, 0.1) is 30.1 Å². The number of ether oxygens (including phenoxy) is 2. The third-order valence-electron chi connectivity index (χ3n) is 11.1. The molecule has 0 radical (unpaired) electrons. The first-order valence-corrected chi connectivity index (χ1v) is 21.0. The Labute approximate surface area is 321 Å². The van der Waals surface area contributed by atoms with E-state index in [0.717, 1.165) is 19.3 Å². The Bertz CT molecular complexity index is 2160. The number of sulfonamides is 1. The number of pyridine rings is 1. The van der Waals surface area contributed by atoms with E-state index in [1.54, 1.807) is 37.4 Å². The van der Waals surface area contributed by atoms with Crippen molar-refractivity contribution in [3.8, 4) is 34.5 Å². The Kier molecular flexibility index (Phi) is 10.1. The molecular weight excluding hydrogens is 782 g/mol. The van der Waals surface area contributed by atoms with Crippen molar-refractivity contribution in [1.82, 2.24) is 24.9 Å². The Balaban J connectivity index is 1.21. The van der Waals surface area contributed by atoms with Gasteiger partial charge < -0.3 is 19.7 Å². The fourth-order valence-corrected chi connectivity index (χ4v) is 10.0. The molecule has 3 aromatic rings. The van der Waals surface area contributed by atoms with Gasteiger partial charge in [-0.15, -0.1) is 17.8 Å². The summed E-state index contributed by atoms with van der Waals surface area (Å²) in [5.41, 5.74) is 0.192. The number of rotatable bonds is 7. The number of hydrogen-bond donors (Lipinski definition) is 2. The van der Waals surface area contributed by atoms with Crippen LogP contribution >= 0.6 is 27.3 Å².